The Bertz CT molecular complexity index is 806. The van der Waals surface area contributed by atoms with Gasteiger partial charge in [0.05, 0.1) is 0 Å². The number of rotatable bonds is 3. The van der Waals surface area contributed by atoms with Crippen molar-refractivity contribution < 1.29 is 22.4 Å². The highest BCUT2D eigenvalue weighted by Gasteiger charge is 2.38. The van der Waals surface area contributed by atoms with Gasteiger partial charge in [-0.15, -0.1) is 0 Å². The van der Waals surface area contributed by atoms with Crippen LogP contribution in [0.3, 0.4) is 0 Å². The summed E-state index contributed by atoms with van der Waals surface area (Å²) in [5, 5.41) is 0. The van der Waals surface area contributed by atoms with Gasteiger partial charge in [0.1, 0.15) is 17.2 Å². The van der Waals surface area contributed by atoms with Crippen LogP contribution in [0.15, 0.2) is 18.2 Å². The summed E-state index contributed by atoms with van der Waals surface area (Å²) in [6.45, 7) is 6.39. The van der Waals surface area contributed by atoms with Crippen molar-refractivity contribution in [1.82, 2.24) is 9.88 Å². The number of aromatic amines is 1. The van der Waals surface area contributed by atoms with Crippen molar-refractivity contribution in [1.29, 1.82) is 0 Å². The van der Waals surface area contributed by atoms with E-state index in [1.54, 1.807) is 26.8 Å². The van der Waals surface area contributed by atoms with Crippen LogP contribution >= 0.6 is 0 Å². The van der Waals surface area contributed by atoms with E-state index in [2.05, 4.69) is 4.98 Å². The summed E-state index contributed by atoms with van der Waals surface area (Å²) in [4.78, 5) is 16.1. The molecule has 0 atom stereocenters. The number of hydrogen-bond acceptors (Lipinski definition) is 1. The second kappa shape index (κ2) is 6.54. The van der Waals surface area contributed by atoms with Crippen LogP contribution in [-0.4, -0.2) is 28.9 Å². The predicted octanol–water partition coefficient (Wildman–Crippen LogP) is 4.94. The Kier molecular flexibility index (Phi) is 4.97. The lowest BCUT2D eigenvalue weighted by Gasteiger charge is -2.21. The van der Waals surface area contributed by atoms with Gasteiger partial charge in [-0.2, -0.15) is 13.2 Å². The molecule has 7 heteroatoms. The number of halogens is 4. The maximum absolute atomic E-state index is 14.4. The summed E-state index contributed by atoms with van der Waals surface area (Å²) < 4.78 is 54.3. The fourth-order valence-corrected chi connectivity index (χ4v) is 2.61. The van der Waals surface area contributed by atoms with Crippen molar-refractivity contribution >= 4 is 5.91 Å². The van der Waals surface area contributed by atoms with Gasteiger partial charge in [0.2, 0.25) is 0 Å². The number of alkyl halides is 3. The Labute approximate surface area is 143 Å². The first kappa shape index (κ1) is 19.0. The van der Waals surface area contributed by atoms with Crippen LogP contribution < -0.4 is 0 Å². The zero-order valence-corrected chi connectivity index (χ0v) is 14.7. The lowest BCUT2D eigenvalue weighted by molar-refractivity contribution is -0.141. The van der Waals surface area contributed by atoms with Gasteiger partial charge >= 0.3 is 6.18 Å². The molecule has 25 heavy (non-hydrogen) atoms. The van der Waals surface area contributed by atoms with E-state index in [1.807, 2.05) is 0 Å². The van der Waals surface area contributed by atoms with Crippen LogP contribution in [0.4, 0.5) is 17.6 Å². The van der Waals surface area contributed by atoms with E-state index in [9.17, 15) is 22.4 Å². The zero-order chi connectivity index (χ0) is 19.1. The first-order valence-corrected chi connectivity index (χ1v) is 7.78. The number of amides is 1. The van der Waals surface area contributed by atoms with Crippen molar-refractivity contribution in [3.63, 3.8) is 0 Å². The number of aryl methyl sites for hydroxylation is 1. The van der Waals surface area contributed by atoms with Crippen molar-refractivity contribution in [3.8, 4) is 11.1 Å². The molecule has 1 heterocycles. The minimum Gasteiger partial charge on any atom is -0.346 e. The number of H-pyrrole nitrogens is 1. The van der Waals surface area contributed by atoms with Crippen LogP contribution in [-0.2, 0) is 6.18 Å². The van der Waals surface area contributed by atoms with Gasteiger partial charge in [-0.3, -0.25) is 4.79 Å². The lowest BCUT2D eigenvalue weighted by Crippen LogP contribution is -2.33. The van der Waals surface area contributed by atoms with Gasteiger partial charge in [-0.25, -0.2) is 4.39 Å². The summed E-state index contributed by atoms with van der Waals surface area (Å²) in [6.07, 6.45) is -4.67. The maximum Gasteiger partial charge on any atom is 0.431 e. The highest BCUT2D eigenvalue weighted by Crippen LogP contribution is 2.39. The molecule has 0 aliphatic rings. The van der Waals surface area contributed by atoms with Gasteiger partial charge in [-0.1, -0.05) is 12.1 Å². The van der Waals surface area contributed by atoms with Crippen LogP contribution in [0.25, 0.3) is 11.1 Å². The van der Waals surface area contributed by atoms with Crippen molar-refractivity contribution in [3.05, 3.63) is 46.5 Å². The molecule has 3 nitrogen and oxygen atoms in total. The molecule has 0 radical (unpaired) electrons. The second-order valence-electron chi connectivity index (χ2n) is 6.37. The third-order valence-electron chi connectivity index (χ3n) is 4.24. The average Bonchev–Trinajstić information content (AvgIpc) is 2.83. The predicted molar refractivity (Wildman–Crippen MR) is 87.9 cm³/mol. The number of hydrogen-bond donors (Lipinski definition) is 1. The van der Waals surface area contributed by atoms with Crippen LogP contribution in [0, 0.1) is 19.7 Å². The number of carbonyl (C=O) groups excluding carboxylic acids is 1. The molecular formula is C18H20F4N2O. The van der Waals surface area contributed by atoms with E-state index >= 15 is 0 Å². The zero-order valence-electron chi connectivity index (χ0n) is 14.7. The standard InChI is InChI=1S/C18H20F4N2O/c1-9(2)24(5)17(25)15-14(11(4)16(23-15)18(20,21)22)12-7-6-10(3)8-13(12)19/h6-9,23H,1-5H3. The summed E-state index contributed by atoms with van der Waals surface area (Å²) in [6, 6.07) is 4.00. The maximum atomic E-state index is 14.4. The van der Waals surface area contributed by atoms with Crippen molar-refractivity contribution in [2.75, 3.05) is 7.05 Å². The first-order valence-electron chi connectivity index (χ1n) is 7.78. The molecule has 0 spiro atoms. The molecule has 0 unspecified atom stereocenters. The second-order valence-corrected chi connectivity index (χ2v) is 6.37. The molecule has 1 N–H and O–H groups in total. The summed E-state index contributed by atoms with van der Waals surface area (Å²) in [5.41, 5.74) is -0.946. The smallest absolute Gasteiger partial charge is 0.346 e. The van der Waals surface area contributed by atoms with E-state index in [-0.39, 0.29) is 28.4 Å². The van der Waals surface area contributed by atoms with E-state index in [0.29, 0.717) is 5.56 Å². The summed E-state index contributed by atoms with van der Waals surface area (Å²) in [5.74, 6) is -1.29. The normalized spacial score (nSPS) is 11.9. The van der Waals surface area contributed by atoms with Gasteiger partial charge < -0.3 is 9.88 Å². The molecule has 1 aromatic carbocycles. The van der Waals surface area contributed by atoms with E-state index in [1.165, 1.54) is 31.0 Å². The van der Waals surface area contributed by atoms with Gasteiger partial charge in [-0.05, 0) is 44.9 Å². The largest absolute Gasteiger partial charge is 0.431 e. The Balaban J connectivity index is 2.76. The number of aromatic nitrogens is 1. The Morgan fingerprint density at radius 3 is 2.28 bits per heavy atom. The Hall–Kier alpha value is -2.31. The fraction of sp³-hybridized carbons (Fsp3) is 0.389. The van der Waals surface area contributed by atoms with Crippen LogP contribution in [0.5, 0.6) is 0 Å². The Morgan fingerprint density at radius 1 is 1.20 bits per heavy atom. The number of nitrogens with one attached hydrogen (secondary N) is 1. The van der Waals surface area contributed by atoms with Gasteiger partial charge in [0.25, 0.3) is 5.91 Å². The molecule has 2 aromatic rings. The molecule has 2 rings (SSSR count). The quantitative estimate of drug-likeness (QED) is 0.777. The molecule has 1 aromatic heterocycles. The molecule has 0 aliphatic heterocycles. The van der Waals surface area contributed by atoms with Gasteiger partial charge in [0.15, 0.2) is 0 Å². The molecule has 0 bridgehead atoms. The molecule has 0 aliphatic carbocycles. The monoisotopic (exact) mass is 356 g/mol. The van der Waals surface area contributed by atoms with Gasteiger partial charge in [0, 0.05) is 24.2 Å². The Morgan fingerprint density at radius 2 is 1.80 bits per heavy atom. The number of carbonyl (C=O) groups is 1. The highest BCUT2D eigenvalue weighted by atomic mass is 19.4. The topological polar surface area (TPSA) is 36.1 Å². The number of benzene rings is 1. The molecule has 0 fully saturated rings. The third kappa shape index (κ3) is 3.55. The molecule has 0 saturated carbocycles. The van der Waals surface area contributed by atoms with E-state index in [0.717, 1.165) is 0 Å². The molecule has 1 amide bonds. The SMILES string of the molecule is Cc1ccc(-c2c(C(=O)N(C)C(C)C)[nH]c(C(F)(F)F)c2C)c(F)c1. The summed E-state index contributed by atoms with van der Waals surface area (Å²) in [7, 11) is 1.49. The van der Waals surface area contributed by atoms with E-state index < -0.39 is 23.6 Å². The van der Waals surface area contributed by atoms with Crippen LogP contribution in [0.2, 0.25) is 0 Å². The minimum absolute atomic E-state index is 0.0321. The summed E-state index contributed by atoms with van der Waals surface area (Å²) >= 11 is 0. The fourth-order valence-electron chi connectivity index (χ4n) is 2.61. The van der Waals surface area contributed by atoms with Crippen LogP contribution in [0.1, 0.15) is 41.2 Å². The van der Waals surface area contributed by atoms with E-state index in [4.69, 9.17) is 0 Å². The minimum atomic E-state index is -4.67. The molecular weight excluding hydrogens is 336 g/mol. The average molecular weight is 356 g/mol. The third-order valence-corrected chi connectivity index (χ3v) is 4.24. The first-order chi connectivity index (χ1) is 11.4. The number of nitrogens with zero attached hydrogens (tertiary/aromatic N) is 1. The molecule has 136 valence electrons. The highest BCUT2D eigenvalue weighted by molar-refractivity contribution is 6.00. The lowest BCUT2D eigenvalue weighted by atomic mass is 9.98. The van der Waals surface area contributed by atoms with Crippen molar-refractivity contribution in [2.24, 2.45) is 0 Å². The van der Waals surface area contributed by atoms with Crippen molar-refractivity contribution in [2.45, 2.75) is 39.9 Å². The molecule has 0 saturated heterocycles.